The first-order valence-corrected chi connectivity index (χ1v) is 17.2. The van der Waals surface area contributed by atoms with E-state index >= 15 is 0 Å². The number of carbonyl (C=O) groups excluding carboxylic acids is 1. The van der Waals surface area contributed by atoms with E-state index in [0.717, 1.165) is 42.4 Å². The van der Waals surface area contributed by atoms with Gasteiger partial charge in [-0.15, -0.1) is 5.54 Å². The Kier molecular flexibility index (Phi) is 7.47. The van der Waals surface area contributed by atoms with E-state index in [1.165, 1.54) is 0 Å². The molecule has 0 bridgehead atoms. The smallest absolute Gasteiger partial charge is 0.412 e. The number of aliphatic hydroxyl groups excluding tert-OH is 1. The predicted molar refractivity (Wildman–Crippen MR) is 154 cm³/mol. The van der Waals surface area contributed by atoms with Crippen molar-refractivity contribution in [2.45, 2.75) is 75.0 Å². The zero-order chi connectivity index (χ0) is 26.8. The molecule has 3 aromatic carbocycles. The Morgan fingerprint density at radius 3 is 1.95 bits per heavy atom. The molecule has 0 aromatic heterocycles. The van der Waals surface area contributed by atoms with Crippen LogP contribution in [0.15, 0.2) is 91.0 Å². The molecule has 1 saturated carbocycles. The molecule has 1 N–H and O–H groups in total. The zero-order valence-corrected chi connectivity index (χ0v) is 23.5. The Labute approximate surface area is 227 Å². The van der Waals surface area contributed by atoms with Crippen molar-refractivity contribution in [2.75, 3.05) is 0 Å². The third-order valence-electron chi connectivity index (χ3n) is 7.90. The second-order valence-corrected chi connectivity index (χ2v) is 16.4. The fourth-order valence-corrected chi connectivity index (χ4v) is 6.66. The molecule has 1 heterocycles. The topological polar surface area (TPSA) is 49.8 Å². The van der Waals surface area contributed by atoms with Crippen molar-refractivity contribution in [1.29, 1.82) is 0 Å². The Hall–Kier alpha value is -3.33. The van der Waals surface area contributed by atoms with Crippen LogP contribution in [0.3, 0.4) is 0 Å². The van der Waals surface area contributed by atoms with E-state index in [1.807, 2.05) is 78.9 Å². The maximum Gasteiger partial charge on any atom is 0.412 e. The molecule has 2 aliphatic rings. The second-order valence-electron chi connectivity index (χ2n) is 11.6. The number of cyclic esters (lactones) is 1. The number of amides is 1. The fourth-order valence-electron chi connectivity index (χ4n) is 6.08. The molecule has 196 valence electrons. The van der Waals surface area contributed by atoms with Crippen molar-refractivity contribution in [3.8, 4) is 11.5 Å². The summed E-state index contributed by atoms with van der Waals surface area (Å²) in [6.45, 7) is 6.57. The van der Waals surface area contributed by atoms with E-state index < -0.39 is 43.9 Å². The van der Waals surface area contributed by atoms with Crippen molar-refractivity contribution in [3.05, 3.63) is 108 Å². The van der Waals surface area contributed by atoms with Crippen LogP contribution < -0.4 is 0 Å². The summed E-state index contributed by atoms with van der Waals surface area (Å²) in [5.41, 5.74) is 6.06. The van der Waals surface area contributed by atoms with Gasteiger partial charge in [0.05, 0.1) is 6.10 Å². The predicted octanol–water partition coefficient (Wildman–Crippen LogP) is 7.04. The molecule has 0 unspecified atom stereocenters. The van der Waals surface area contributed by atoms with Gasteiger partial charge in [0.15, 0.2) is 6.10 Å². The second kappa shape index (κ2) is 10.8. The molecule has 4 nitrogen and oxygen atoms in total. The molecule has 1 aliphatic carbocycles. The van der Waals surface area contributed by atoms with Gasteiger partial charge >= 0.3 is 6.09 Å². The summed E-state index contributed by atoms with van der Waals surface area (Å²) in [5, 5.41) is 12.4. The van der Waals surface area contributed by atoms with E-state index in [2.05, 4.69) is 43.2 Å². The van der Waals surface area contributed by atoms with Crippen LogP contribution >= 0.6 is 0 Å². The molecule has 3 aromatic rings. The van der Waals surface area contributed by atoms with E-state index in [-0.39, 0.29) is 0 Å². The van der Waals surface area contributed by atoms with Crippen LogP contribution in [-0.4, -0.2) is 36.3 Å². The lowest BCUT2D eigenvalue weighted by molar-refractivity contribution is 0.0225. The van der Waals surface area contributed by atoms with E-state index in [9.17, 15) is 9.90 Å². The minimum Gasteiger partial charge on any atom is -0.439 e. The first-order chi connectivity index (χ1) is 18.3. The maximum absolute atomic E-state index is 13.8. The first-order valence-electron chi connectivity index (χ1n) is 13.7. The third-order valence-corrected chi connectivity index (χ3v) is 8.79. The average molecular weight is 524 g/mol. The van der Waals surface area contributed by atoms with Gasteiger partial charge in [-0.3, -0.25) is 4.90 Å². The fraction of sp³-hybridized carbons (Fsp3) is 0.364. The highest BCUT2D eigenvalue weighted by molar-refractivity contribution is 6.83. The molecule has 4 atom stereocenters. The van der Waals surface area contributed by atoms with Crippen molar-refractivity contribution in [3.63, 3.8) is 0 Å². The van der Waals surface area contributed by atoms with Gasteiger partial charge in [-0.25, -0.2) is 4.79 Å². The van der Waals surface area contributed by atoms with Gasteiger partial charge in [0, 0.05) is 5.41 Å². The van der Waals surface area contributed by atoms with Gasteiger partial charge in [-0.2, -0.15) is 0 Å². The van der Waals surface area contributed by atoms with Crippen LogP contribution in [-0.2, 0) is 10.2 Å². The van der Waals surface area contributed by atoms with Gasteiger partial charge in [0.1, 0.15) is 20.2 Å². The Balaban J connectivity index is 1.65. The normalized spacial score (nSPS) is 22.3. The van der Waals surface area contributed by atoms with Gasteiger partial charge in [0.25, 0.3) is 0 Å². The highest BCUT2D eigenvalue weighted by Crippen LogP contribution is 2.49. The van der Waals surface area contributed by atoms with Gasteiger partial charge in [-0.1, -0.05) is 129 Å². The number of aliphatic hydroxyl groups is 1. The molecule has 1 aliphatic heterocycles. The molecule has 1 saturated heterocycles. The summed E-state index contributed by atoms with van der Waals surface area (Å²) in [5.74, 6) is 3.46. The van der Waals surface area contributed by atoms with Crippen LogP contribution in [0.25, 0.3) is 0 Å². The summed E-state index contributed by atoms with van der Waals surface area (Å²) in [4.78, 5) is 15.5. The molecule has 1 amide bonds. The summed E-state index contributed by atoms with van der Waals surface area (Å²) in [7, 11) is -1.82. The number of rotatable bonds is 6. The highest BCUT2D eigenvalue weighted by Gasteiger charge is 2.53. The SMILES string of the molecule is C[Si](C)(C)C#C[C@H]([C@H](O)C1(c2ccccc2)CCCC1)N1C(=O)O[C@@H](c2ccccc2)[C@H]1c1ccccc1. The molecular weight excluding hydrogens is 486 g/mol. The van der Waals surface area contributed by atoms with E-state index in [0.29, 0.717) is 0 Å². The Morgan fingerprint density at radius 1 is 0.868 bits per heavy atom. The van der Waals surface area contributed by atoms with Gasteiger partial charge in [0.2, 0.25) is 0 Å². The largest absolute Gasteiger partial charge is 0.439 e. The zero-order valence-electron chi connectivity index (χ0n) is 22.5. The molecule has 38 heavy (non-hydrogen) atoms. The minimum absolute atomic E-state index is 0.407. The van der Waals surface area contributed by atoms with Gasteiger partial charge < -0.3 is 9.84 Å². The number of benzene rings is 3. The lowest BCUT2D eigenvalue weighted by Gasteiger charge is -2.41. The van der Waals surface area contributed by atoms with Gasteiger partial charge in [-0.05, 0) is 29.5 Å². The molecule has 0 spiro atoms. The minimum atomic E-state index is -1.82. The Bertz CT molecular complexity index is 1290. The summed E-state index contributed by atoms with van der Waals surface area (Å²) in [6, 6.07) is 29.1. The van der Waals surface area contributed by atoms with Crippen LogP contribution in [0.2, 0.25) is 19.6 Å². The average Bonchev–Trinajstić information content (AvgIpc) is 3.56. The van der Waals surface area contributed by atoms with Crippen LogP contribution in [0.1, 0.15) is 54.5 Å². The lowest BCUT2D eigenvalue weighted by atomic mass is 9.71. The molecule has 2 fully saturated rings. The van der Waals surface area contributed by atoms with Crippen molar-refractivity contribution < 1.29 is 14.6 Å². The van der Waals surface area contributed by atoms with E-state index in [1.54, 1.807) is 4.90 Å². The van der Waals surface area contributed by atoms with Crippen LogP contribution in [0.5, 0.6) is 0 Å². The monoisotopic (exact) mass is 523 g/mol. The summed E-state index contributed by atoms with van der Waals surface area (Å²) in [6.07, 6.45) is 2.03. The number of ether oxygens (including phenoxy) is 1. The standard InChI is InChI=1S/C33H37NO3Si/c1-38(2,3)24-21-28(31(35)33(22-13-14-23-33)27-19-11-6-12-20-27)34-29(25-15-7-4-8-16-25)30(37-32(34)36)26-17-9-5-10-18-26/h4-12,15-20,28-31,35H,13-14,22-23H2,1-3H3/t28-,29-,30+,31+/m1/s1. The quantitative estimate of drug-likeness (QED) is 0.278. The van der Waals surface area contributed by atoms with Crippen LogP contribution in [0, 0.1) is 11.5 Å². The van der Waals surface area contributed by atoms with Crippen LogP contribution in [0.4, 0.5) is 4.79 Å². The number of hydrogen-bond acceptors (Lipinski definition) is 3. The number of carbonyl (C=O) groups is 1. The third kappa shape index (κ3) is 5.16. The number of hydrogen-bond donors (Lipinski definition) is 1. The first kappa shape index (κ1) is 26.3. The Morgan fingerprint density at radius 2 is 1.39 bits per heavy atom. The molecule has 5 heteroatoms. The van der Waals surface area contributed by atoms with Crippen molar-refractivity contribution in [1.82, 2.24) is 4.90 Å². The summed E-state index contributed by atoms with van der Waals surface area (Å²) >= 11 is 0. The molecule has 5 rings (SSSR count). The molecular formula is C33H37NO3Si. The highest BCUT2D eigenvalue weighted by atomic mass is 28.3. The number of nitrogens with zero attached hydrogens (tertiary/aromatic N) is 1. The summed E-state index contributed by atoms with van der Waals surface area (Å²) < 4.78 is 6.11. The van der Waals surface area contributed by atoms with E-state index in [4.69, 9.17) is 4.74 Å². The van der Waals surface area contributed by atoms with Crippen molar-refractivity contribution >= 4 is 14.2 Å². The lowest BCUT2D eigenvalue weighted by Crippen LogP contribution is -2.53. The molecule has 0 radical (unpaired) electrons. The maximum atomic E-state index is 13.8. The van der Waals surface area contributed by atoms with Crippen molar-refractivity contribution in [2.24, 2.45) is 0 Å².